The van der Waals surface area contributed by atoms with E-state index < -0.39 is 6.85 Å². The average Bonchev–Trinajstić information content (AvgIpc) is 3.94. The summed E-state index contributed by atoms with van der Waals surface area (Å²) in [4.78, 5) is 10.4. The third kappa shape index (κ3) is 7.95. The fourth-order valence-electron chi connectivity index (χ4n) is 9.40. The second kappa shape index (κ2) is 17.4. The molecule has 0 saturated carbocycles. The summed E-state index contributed by atoms with van der Waals surface area (Å²) >= 11 is 0. The van der Waals surface area contributed by atoms with E-state index in [2.05, 4.69) is 126 Å². The minimum atomic E-state index is -2.34. The Morgan fingerprint density at radius 1 is 0.574 bits per heavy atom. The number of phenols is 1. The third-order valence-corrected chi connectivity index (χ3v) is 13.2. The van der Waals surface area contributed by atoms with Gasteiger partial charge in [-0.25, -0.2) is 4.98 Å². The molecule has 1 N–H and O–H groups in total. The molecule has 8 aromatic carbocycles. The average molecular weight is 1070 g/mol. The van der Waals surface area contributed by atoms with Crippen molar-refractivity contribution in [2.24, 2.45) is 0 Å². The molecule has 0 atom stereocenters. The predicted octanol–water partition coefficient (Wildman–Crippen LogP) is 16.1. The van der Waals surface area contributed by atoms with Gasteiger partial charge in [0.05, 0.1) is 22.3 Å². The van der Waals surface area contributed by atoms with Crippen molar-refractivity contribution in [1.82, 2.24) is 14.5 Å². The topological polar surface area (TPSA) is 64.1 Å². The largest absolute Gasteiger partial charge is 0.507 e. The maximum atomic E-state index is 12.1. The molecule has 6 heteroatoms. The van der Waals surface area contributed by atoms with Crippen molar-refractivity contribution < 1.29 is 34.7 Å². The van der Waals surface area contributed by atoms with Gasteiger partial charge < -0.3 is 9.52 Å². The van der Waals surface area contributed by atoms with Crippen molar-refractivity contribution in [1.29, 1.82) is 0 Å². The Kier molecular flexibility index (Phi) is 10.5. The molecule has 0 aliphatic heterocycles. The maximum absolute atomic E-state index is 12.1. The summed E-state index contributed by atoms with van der Waals surface area (Å²) in [7, 11) is 0. The van der Waals surface area contributed by atoms with Crippen LogP contribution >= 0.6 is 0 Å². The van der Waals surface area contributed by atoms with Crippen LogP contribution in [0, 0.1) is 12.9 Å². The Morgan fingerprint density at radius 2 is 1.29 bits per heavy atom. The molecule has 0 radical (unpaired) electrons. The fraction of sp³-hybridized carbons (Fsp3) is 0.129. The number of hydrogen-bond acceptors (Lipinski definition) is 4. The third-order valence-electron chi connectivity index (χ3n) is 13.2. The van der Waals surface area contributed by atoms with Gasteiger partial charge in [0.1, 0.15) is 22.7 Å². The van der Waals surface area contributed by atoms with E-state index in [1.165, 1.54) is 11.1 Å². The number of aromatic nitrogens is 3. The Balaban J connectivity index is 0.00000582. The van der Waals surface area contributed by atoms with Crippen LogP contribution in [0.3, 0.4) is 0 Å². The van der Waals surface area contributed by atoms with Crippen molar-refractivity contribution in [3.05, 3.63) is 217 Å². The number of para-hydroxylation sites is 2. The SMILES string of the molecule is [2H]C([2H])([2H])c1ccc(-n2c(-c3cc4oc5ccccc5c4cc3O)nc3c(-c4[c-]c(-c5cc(-c6ccc(C(C)(C)c7ccccc7)cc6)ccn5)cc(C(C)(C)C)c4)cccc32)c(-c2ccccc2)c1.[Pt]. The Hall–Kier alpha value is -7.33. The minimum Gasteiger partial charge on any atom is -0.507 e. The van der Waals surface area contributed by atoms with Crippen molar-refractivity contribution in [2.45, 2.75) is 52.3 Å². The number of imidazole rings is 1. The van der Waals surface area contributed by atoms with Crippen molar-refractivity contribution in [3.8, 4) is 67.5 Å². The van der Waals surface area contributed by atoms with E-state index in [0.717, 1.165) is 60.9 Å². The van der Waals surface area contributed by atoms with Gasteiger partial charge in [0.25, 0.3) is 0 Å². The first-order valence-corrected chi connectivity index (χ1v) is 22.7. The number of nitrogens with zero attached hydrogens (tertiary/aromatic N) is 3. The number of rotatable bonds is 8. The van der Waals surface area contributed by atoms with Crippen molar-refractivity contribution in [2.75, 3.05) is 0 Å². The normalized spacial score (nSPS) is 12.8. The van der Waals surface area contributed by atoms with Crippen LogP contribution in [0.2, 0.25) is 0 Å². The van der Waals surface area contributed by atoms with E-state index >= 15 is 0 Å². The molecule has 0 unspecified atom stereocenters. The van der Waals surface area contributed by atoms with Crippen molar-refractivity contribution >= 4 is 33.0 Å². The molecule has 0 fully saturated rings. The first kappa shape index (κ1) is 40.9. The van der Waals surface area contributed by atoms with Crippen LogP contribution < -0.4 is 0 Å². The zero-order valence-electron chi connectivity index (χ0n) is 41.4. The standard InChI is InChI=1S/C62H50N3O2.Pt/c1-39-24-29-54(50(32-39)41-16-9-7-10-17-41)65-55-22-15-21-48(59(55)64-60(65)52-38-58-51(37-56(52)66)49-20-13-14-23-57(49)67-58)43-33-44(35-47(34-43)61(2,3)4)53-36-42(30-31-63-53)40-25-27-46(28-26-40)62(5,6)45-18-11-8-12-19-45;/h7-32,34-38,66H,1-6H3;/q-1;/i1D3;. The summed E-state index contributed by atoms with van der Waals surface area (Å²) in [5, 5.41) is 13.7. The molecule has 3 aromatic heterocycles. The van der Waals surface area contributed by atoms with Crippen LogP contribution in [-0.4, -0.2) is 19.6 Å². The Labute approximate surface area is 416 Å². The van der Waals surface area contributed by atoms with Gasteiger partial charge in [0.15, 0.2) is 0 Å². The van der Waals surface area contributed by atoms with Gasteiger partial charge in [-0.05, 0) is 82.5 Å². The Morgan fingerprint density at radius 3 is 2.06 bits per heavy atom. The van der Waals surface area contributed by atoms with Gasteiger partial charge in [-0.2, -0.15) is 0 Å². The second-order valence-electron chi connectivity index (χ2n) is 19.0. The summed E-state index contributed by atoms with van der Waals surface area (Å²) in [6.45, 7) is 8.79. The summed E-state index contributed by atoms with van der Waals surface area (Å²) in [5.41, 5.74) is 14.3. The number of aryl methyl sites for hydroxylation is 1. The molecule has 0 aliphatic carbocycles. The van der Waals surface area contributed by atoms with Gasteiger partial charge in [-0.1, -0.05) is 179 Å². The Bertz CT molecular complexity index is 3780. The van der Waals surface area contributed by atoms with Crippen LogP contribution in [0.1, 0.15) is 61.0 Å². The maximum Gasteiger partial charge on any atom is 0.148 e. The molecule has 0 bridgehead atoms. The van der Waals surface area contributed by atoms with Gasteiger partial charge in [-0.15, -0.1) is 29.3 Å². The van der Waals surface area contributed by atoms with E-state index in [9.17, 15) is 5.11 Å². The smallest absolute Gasteiger partial charge is 0.148 e. The van der Waals surface area contributed by atoms with Crippen LogP contribution in [0.15, 0.2) is 193 Å². The second-order valence-corrected chi connectivity index (χ2v) is 19.0. The number of hydrogen-bond donors (Lipinski definition) is 1. The number of pyridine rings is 1. The molecule has 0 amide bonds. The van der Waals surface area contributed by atoms with Gasteiger partial charge in [0, 0.05) is 58.8 Å². The zero-order chi connectivity index (χ0) is 48.5. The summed E-state index contributed by atoms with van der Waals surface area (Å²) in [5.74, 6) is 0.488. The molecular weight excluding hydrogens is 1010 g/mol. The quantitative estimate of drug-likeness (QED) is 0.154. The summed E-state index contributed by atoms with van der Waals surface area (Å²) < 4.78 is 33.5. The number of phenolic OH excluding ortho intramolecular Hbond substituents is 1. The molecule has 68 heavy (non-hydrogen) atoms. The minimum absolute atomic E-state index is 0. The van der Waals surface area contributed by atoms with Crippen LogP contribution in [0.5, 0.6) is 5.75 Å². The molecule has 0 spiro atoms. The monoisotopic (exact) mass is 1070 g/mol. The molecular formula is C62H50N3O2Pt-. The van der Waals surface area contributed by atoms with E-state index in [0.29, 0.717) is 39.3 Å². The van der Waals surface area contributed by atoms with E-state index in [1.807, 2.05) is 89.6 Å². The number of furan rings is 1. The fourth-order valence-corrected chi connectivity index (χ4v) is 9.40. The van der Waals surface area contributed by atoms with Crippen LogP contribution in [-0.2, 0) is 31.9 Å². The van der Waals surface area contributed by atoms with Gasteiger partial charge >= 0.3 is 0 Å². The van der Waals surface area contributed by atoms with Crippen LogP contribution in [0.4, 0.5) is 0 Å². The van der Waals surface area contributed by atoms with Crippen LogP contribution in [0.25, 0.3) is 94.7 Å². The molecule has 11 rings (SSSR count). The van der Waals surface area contributed by atoms with E-state index in [-0.39, 0.29) is 43.2 Å². The van der Waals surface area contributed by atoms with E-state index in [4.69, 9.17) is 18.5 Å². The number of benzene rings is 8. The zero-order valence-corrected chi connectivity index (χ0v) is 40.7. The first-order valence-electron chi connectivity index (χ1n) is 24.2. The molecule has 0 aliphatic rings. The summed E-state index contributed by atoms with van der Waals surface area (Å²) in [6.07, 6.45) is 1.87. The number of aromatic hydroxyl groups is 1. The molecule has 336 valence electrons. The van der Waals surface area contributed by atoms with Gasteiger partial charge in [-0.3, -0.25) is 9.55 Å². The molecule has 5 nitrogen and oxygen atoms in total. The molecule has 11 aromatic rings. The predicted molar refractivity (Wildman–Crippen MR) is 276 cm³/mol. The first-order chi connectivity index (χ1) is 33.6. The molecule has 0 saturated heterocycles. The van der Waals surface area contributed by atoms with E-state index in [1.54, 1.807) is 18.2 Å². The van der Waals surface area contributed by atoms with Gasteiger partial charge in [0.2, 0.25) is 0 Å². The summed E-state index contributed by atoms with van der Waals surface area (Å²) in [6, 6.07) is 64.3. The molecule has 3 heterocycles. The van der Waals surface area contributed by atoms with Crippen molar-refractivity contribution in [3.63, 3.8) is 0 Å². The number of fused-ring (bicyclic) bond motifs is 4.